The number of aliphatic hydroxyl groups excluding tert-OH is 1. The molecule has 0 saturated heterocycles. The van der Waals surface area contributed by atoms with Gasteiger partial charge >= 0.3 is 0 Å². The van der Waals surface area contributed by atoms with E-state index < -0.39 is 6.10 Å². The summed E-state index contributed by atoms with van der Waals surface area (Å²) in [5.41, 5.74) is 0.882. The van der Waals surface area contributed by atoms with E-state index in [4.69, 9.17) is 16.3 Å². The van der Waals surface area contributed by atoms with E-state index in [0.29, 0.717) is 6.61 Å². The maximum atomic E-state index is 9.32. The Morgan fingerprint density at radius 3 is 2.79 bits per heavy atom. The van der Waals surface area contributed by atoms with Gasteiger partial charge in [0.05, 0.1) is 18.1 Å². The zero-order valence-corrected chi connectivity index (χ0v) is 9.16. The van der Waals surface area contributed by atoms with E-state index in [1.165, 1.54) is 0 Å². The zero-order chi connectivity index (χ0) is 10.6. The lowest BCUT2D eigenvalue weighted by Gasteiger charge is -2.13. The van der Waals surface area contributed by atoms with Crippen LogP contribution in [-0.4, -0.2) is 17.8 Å². The first-order valence-electron chi connectivity index (χ1n) is 4.70. The van der Waals surface area contributed by atoms with Crippen LogP contribution in [0.15, 0.2) is 24.3 Å². The molecule has 0 aliphatic rings. The van der Waals surface area contributed by atoms with Crippen molar-refractivity contribution < 1.29 is 9.84 Å². The van der Waals surface area contributed by atoms with E-state index in [2.05, 4.69) is 0 Å². The Hall–Kier alpha value is -0.730. The van der Waals surface area contributed by atoms with Crippen molar-refractivity contribution in [3.05, 3.63) is 29.8 Å². The van der Waals surface area contributed by atoms with Crippen LogP contribution >= 0.6 is 11.6 Å². The van der Waals surface area contributed by atoms with E-state index >= 15 is 0 Å². The number of ether oxygens (including phenoxy) is 1. The molecule has 0 saturated carbocycles. The Morgan fingerprint density at radius 1 is 1.50 bits per heavy atom. The topological polar surface area (TPSA) is 29.5 Å². The molecule has 2 unspecified atom stereocenters. The summed E-state index contributed by atoms with van der Waals surface area (Å²) in [6.45, 7) is 4.23. The van der Waals surface area contributed by atoms with Crippen LogP contribution in [0, 0.1) is 0 Å². The lowest BCUT2D eigenvalue weighted by molar-refractivity contribution is 0.189. The molecule has 1 aromatic rings. The fourth-order valence-electron chi connectivity index (χ4n) is 1.22. The quantitative estimate of drug-likeness (QED) is 0.781. The highest BCUT2D eigenvalue weighted by atomic mass is 35.5. The molecule has 3 heteroatoms. The second-order valence-electron chi connectivity index (χ2n) is 3.15. The number of aliphatic hydroxyl groups is 1. The predicted octanol–water partition coefficient (Wildman–Crippen LogP) is 2.75. The van der Waals surface area contributed by atoms with E-state index in [1.807, 2.05) is 31.2 Å². The zero-order valence-electron chi connectivity index (χ0n) is 8.40. The standard InChI is InChI=1S/C11H15ClO2/c1-3-14-10-6-4-5-9(7-10)11(12)8(2)13/h4-8,11,13H,3H2,1-2H3. The van der Waals surface area contributed by atoms with Gasteiger partial charge in [-0.05, 0) is 31.5 Å². The minimum Gasteiger partial charge on any atom is -0.494 e. The summed E-state index contributed by atoms with van der Waals surface area (Å²) < 4.78 is 5.34. The molecule has 0 aromatic heterocycles. The lowest BCUT2D eigenvalue weighted by atomic mass is 10.1. The van der Waals surface area contributed by atoms with Crippen molar-refractivity contribution in [1.82, 2.24) is 0 Å². The van der Waals surface area contributed by atoms with Crippen molar-refractivity contribution in [2.45, 2.75) is 25.3 Å². The highest BCUT2D eigenvalue weighted by Crippen LogP contribution is 2.26. The molecular formula is C11H15ClO2. The van der Waals surface area contributed by atoms with Crippen LogP contribution in [0.2, 0.25) is 0 Å². The highest BCUT2D eigenvalue weighted by Gasteiger charge is 2.13. The average Bonchev–Trinajstić information content (AvgIpc) is 2.17. The lowest BCUT2D eigenvalue weighted by Crippen LogP contribution is -2.08. The average molecular weight is 215 g/mol. The minimum absolute atomic E-state index is 0.379. The monoisotopic (exact) mass is 214 g/mol. The van der Waals surface area contributed by atoms with Gasteiger partial charge in [-0.2, -0.15) is 0 Å². The van der Waals surface area contributed by atoms with Gasteiger partial charge in [0.1, 0.15) is 5.75 Å². The molecule has 2 nitrogen and oxygen atoms in total. The van der Waals surface area contributed by atoms with Gasteiger partial charge < -0.3 is 9.84 Å². The van der Waals surface area contributed by atoms with Crippen molar-refractivity contribution >= 4 is 11.6 Å². The third-order valence-electron chi connectivity index (χ3n) is 1.91. The van der Waals surface area contributed by atoms with Crippen LogP contribution < -0.4 is 4.74 Å². The molecule has 0 fully saturated rings. The Kier molecular flexibility index (Phi) is 4.23. The van der Waals surface area contributed by atoms with E-state index in [-0.39, 0.29) is 5.38 Å². The molecule has 0 heterocycles. The number of hydrogen-bond donors (Lipinski definition) is 1. The second kappa shape index (κ2) is 5.23. The van der Waals surface area contributed by atoms with Crippen LogP contribution in [0.1, 0.15) is 24.8 Å². The van der Waals surface area contributed by atoms with Gasteiger partial charge in [-0.25, -0.2) is 0 Å². The summed E-state index contributed by atoms with van der Waals surface area (Å²) in [6, 6.07) is 7.48. The number of hydrogen-bond acceptors (Lipinski definition) is 2. The molecule has 0 aliphatic carbocycles. The molecule has 78 valence electrons. The molecule has 14 heavy (non-hydrogen) atoms. The van der Waals surface area contributed by atoms with Crippen molar-refractivity contribution in [3.8, 4) is 5.75 Å². The molecule has 1 aromatic carbocycles. The van der Waals surface area contributed by atoms with Crippen LogP contribution in [0.25, 0.3) is 0 Å². The fourth-order valence-corrected chi connectivity index (χ4v) is 1.36. The summed E-state index contributed by atoms with van der Waals surface area (Å²) in [5, 5.41) is 8.94. The molecule has 0 aliphatic heterocycles. The second-order valence-corrected chi connectivity index (χ2v) is 3.62. The third kappa shape index (κ3) is 2.89. The first kappa shape index (κ1) is 11.3. The van der Waals surface area contributed by atoms with Crippen LogP contribution in [0.5, 0.6) is 5.75 Å². The first-order chi connectivity index (χ1) is 6.65. The Labute approximate surface area is 89.5 Å². The summed E-state index contributed by atoms with van der Waals surface area (Å²) in [7, 11) is 0. The molecule has 0 radical (unpaired) electrons. The summed E-state index contributed by atoms with van der Waals surface area (Å²) in [5.74, 6) is 0.788. The molecule has 2 atom stereocenters. The largest absolute Gasteiger partial charge is 0.494 e. The van der Waals surface area contributed by atoms with E-state index in [9.17, 15) is 5.11 Å². The molecular weight excluding hydrogens is 200 g/mol. The number of benzene rings is 1. The Balaban J connectivity index is 2.82. The van der Waals surface area contributed by atoms with Gasteiger partial charge in [0.2, 0.25) is 0 Å². The summed E-state index contributed by atoms with van der Waals surface area (Å²) in [6.07, 6.45) is -0.562. The van der Waals surface area contributed by atoms with Gasteiger partial charge in [-0.15, -0.1) is 11.6 Å². The SMILES string of the molecule is CCOc1cccc(C(Cl)C(C)O)c1. The van der Waals surface area contributed by atoms with Crippen molar-refractivity contribution in [3.63, 3.8) is 0 Å². The number of alkyl halides is 1. The van der Waals surface area contributed by atoms with Crippen LogP contribution in [-0.2, 0) is 0 Å². The van der Waals surface area contributed by atoms with E-state index in [1.54, 1.807) is 6.92 Å². The fraction of sp³-hybridized carbons (Fsp3) is 0.455. The summed E-state index contributed by atoms with van der Waals surface area (Å²) >= 11 is 6.01. The number of rotatable bonds is 4. The molecule has 1 rings (SSSR count). The molecule has 0 spiro atoms. The van der Waals surface area contributed by atoms with Crippen molar-refractivity contribution in [1.29, 1.82) is 0 Å². The smallest absolute Gasteiger partial charge is 0.119 e. The van der Waals surface area contributed by atoms with Gasteiger partial charge in [-0.3, -0.25) is 0 Å². The van der Waals surface area contributed by atoms with Crippen molar-refractivity contribution in [2.75, 3.05) is 6.61 Å². The third-order valence-corrected chi connectivity index (χ3v) is 2.53. The van der Waals surface area contributed by atoms with Gasteiger partial charge in [0.15, 0.2) is 0 Å². The first-order valence-corrected chi connectivity index (χ1v) is 5.13. The Bertz CT molecular complexity index is 286. The minimum atomic E-state index is -0.562. The summed E-state index contributed by atoms with van der Waals surface area (Å²) in [4.78, 5) is 0. The van der Waals surface area contributed by atoms with Gasteiger partial charge in [0, 0.05) is 0 Å². The molecule has 0 bridgehead atoms. The molecule has 1 N–H and O–H groups in total. The maximum Gasteiger partial charge on any atom is 0.119 e. The molecule has 0 amide bonds. The Morgan fingerprint density at radius 2 is 2.21 bits per heavy atom. The highest BCUT2D eigenvalue weighted by molar-refractivity contribution is 6.21. The van der Waals surface area contributed by atoms with E-state index in [0.717, 1.165) is 11.3 Å². The van der Waals surface area contributed by atoms with Crippen LogP contribution in [0.3, 0.4) is 0 Å². The maximum absolute atomic E-state index is 9.32. The number of halogens is 1. The van der Waals surface area contributed by atoms with Crippen molar-refractivity contribution in [2.24, 2.45) is 0 Å². The van der Waals surface area contributed by atoms with Gasteiger partial charge in [0.25, 0.3) is 0 Å². The van der Waals surface area contributed by atoms with Gasteiger partial charge in [-0.1, -0.05) is 12.1 Å². The predicted molar refractivity (Wildman–Crippen MR) is 57.9 cm³/mol. The normalized spacial score (nSPS) is 14.9. The van der Waals surface area contributed by atoms with Crippen LogP contribution in [0.4, 0.5) is 0 Å².